The van der Waals surface area contributed by atoms with Gasteiger partial charge in [-0.3, -0.25) is 0 Å². The zero-order valence-electron chi connectivity index (χ0n) is 20.1. The largest absolute Gasteiger partial charge is 0.456 e. The van der Waals surface area contributed by atoms with Crippen LogP contribution in [0.2, 0.25) is 0 Å². The Balaban J connectivity index is 1.38. The van der Waals surface area contributed by atoms with E-state index in [4.69, 9.17) is 4.74 Å². The van der Waals surface area contributed by atoms with E-state index in [0.717, 1.165) is 22.6 Å². The predicted octanol–water partition coefficient (Wildman–Crippen LogP) is 10.3. The maximum atomic E-state index is 6.56. The van der Waals surface area contributed by atoms with Crippen molar-refractivity contribution in [3.8, 4) is 44.9 Å². The minimum absolute atomic E-state index is 0.908. The Labute approximate surface area is 215 Å². The van der Waals surface area contributed by atoms with Crippen molar-refractivity contribution >= 4 is 32.3 Å². The van der Waals surface area contributed by atoms with E-state index in [-0.39, 0.29) is 0 Å². The van der Waals surface area contributed by atoms with E-state index in [0.29, 0.717) is 0 Å². The van der Waals surface area contributed by atoms with E-state index >= 15 is 0 Å². The first-order valence-corrected chi connectivity index (χ1v) is 12.7. The molecule has 172 valence electrons. The summed E-state index contributed by atoms with van der Waals surface area (Å²) in [4.78, 5) is 0. The molecule has 1 aliphatic heterocycles. The fourth-order valence-electron chi connectivity index (χ4n) is 5.95. The Morgan fingerprint density at radius 2 is 1.05 bits per heavy atom. The molecule has 0 amide bonds. The van der Waals surface area contributed by atoms with Crippen LogP contribution < -0.4 is 4.74 Å². The Bertz CT molecular complexity index is 2000. The molecular formula is C36H22O. The minimum Gasteiger partial charge on any atom is -0.456 e. The summed E-state index contributed by atoms with van der Waals surface area (Å²) >= 11 is 0. The molecule has 1 aliphatic rings. The van der Waals surface area contributed by atoms with Gasteiger partial charge in [-0.25, -0.2) is 0 Å². The van der Waals surface area contributed by atoms with Gasteiger partial charge in [-0.2, -0.15) is 0 Å². The van der Waals surface area contributed by atoms with E-state index in [1.165, 1.54) is 54.6 Å². The van der Waals surface area contributed by atoms with Crippen LogP contribution in [0.4, 0.5) is 0 Å². The first kappa shape index (κ1) is 20.3. The van der Waals surface area contributed by atoms with Gasteiger partial charge in [-0.05, 0) is 79.0 Å². The van der Waals surface area contributed by atoms with E-state index in [2.05, 4.69) is 127 Å². The maximum Gasteiger partial charge on any atom is 0.135 e. The molecule has 1 heteroatoms. The van der Waals surface area contributed by atoms with Crippen molar-refractivity contribution < 1.29 is 4.74 Å². The zero-order valence-corrected chi connectivity index (χ0v) is 20.1. The second-order valence-corrected chi connectivity index (χ2v) is 9.71. The van der Waals surface area contributed by atoms with Crippen LogP contribution in [0.25, 0.3) is 65.7 Å². The maximum absolute atomic E-state index is 6.56. The third-order valence-electron chi connectivity index (χ3n) is 7.66. The topological polar surface area (TPSA) is 9.23 Å². The molecule has 0 spiro atoms. The lowest BCUT2D eigenvalue weighted by Gasteiger charge is -2.23. The SMILES string of the molecule is c1ccc(-c2ccc3c(c2)Oc2cccc4c(-c5cc6ccccc6c6ccccc56)ccc-3c24)cc1. The molecule has 0 bridgehead atoms. The van der Waals surface area contributed by atoms with E-state index in [1.807, 2.05) is 6.07 Å². The summed E-state index contributed by atoms with van der Waals surface area (Å²) in [6.07, 6.45) is 0. The summed E-state index contributed by atoms with van der Waals surface area (Å²) in [7, 11) is 0. The van der Waals surface area contributed by atoms with Crippen molar-refractivity contribution in [2.24, 2.45) is 0 Å². The quantitative estimate of drug-likeness (QED) is 0.228. The van der Waals surface area contributed by atoms with Gasteiger partial charge in [0.1, 0.15) is 11.5 Å². The summed E-state index contributed by atoms with van der Waals surface area (Å²) in [5.74, 6) is 1.82. The third kappa shape index (κ3) is 3.04. The molecule has 0 fully saturated rings. The van der Waals surface area contributed by atoms with E-state index in [9.17, 15) is 0 Å². The van der Waals surface area contributed by atoms with Crippen LogP contribution in [0.1, 0.15) is 0 Å². The van der Waals surface area contributed by atoms with Gasteiger partial charge in [-0.15, -0.1) is 0 Å². The van der Waals surface area contributed by atoms with Gasteiger partial charge in [-0.1, -0.05) is 109 Å². The molecule has 1 heterocycles. The normalized spacial score (nSPS) is 12.0. The van der Waals surface area contributed by atoms with Crippen molar-refractivity contribution in [1.29, 1.82) is 0 Å². The number of benzene rings is 7. The predicted molar refractivity (Wildman–Crippen MR) is 155 cm³/mol. The third-order valence-corrected chi connectivity index (χ3v) is 7.66. The second-order valence-electron chi connectivity index (χ2n) is 9.71. The molecule has 8 rings (SSSR count). The summed E-state index contributed by atoms with van der Waals surface area (Å²) in [6, 6.07) is 47.8. The second kappa shape index (κ2) is 7.81. The van der Waals surface area contributed by atoms with E-state index < -0.39 is 0 Å². The van der Waals surface area contributed by atoms with Crippen LogP contribution in [0.15, 0.2) is 133 Å². The van der Waals surface area contributed by atoms with E-state index in [1.54, 1.807) is 0 Å². The standard InChI is InChI=1S/C36H22O/c1-2-9-23(10-3-1)24-17-18-30-32-20-19-29(31-15-8-16-34(36(31)32)37-35(30)22-24)33-21-25-11-4-5-12-26(25)27-13-6-7-14-28(27)33/h1-22H. The highest BCUT2D eigenvalue weighted by molar-refractivity contribution is 6.18. The van der Waals surface area contributed by atoms with Gasteiger partial charge in [0.25, 0.3) is 0 Å². The molecule has 1 nitrogen and oxygen atoms in total. The molecule has 0 saturated carbocycles. The van der Waals surface area contributed by atoms with Crippen molar-refractivity contribution in [2.45, 2.75) is 0 Å². The first-order valence-electron chi connectivity index (χ1n) is 12.7. The van der Waals surface area contributed by atoms with Crippen molar-refractivity contribution in [1.82, 2.24) is 0 Å². The Morgan fingerprint density at radius 1 is 0.351 bits per heavy atom. The van der Waals surface area contributed by atoms with Crippen LogP contribution in [0.5, 0.6) is 11.5 Å². The molecule has 7 aromatic carbocycles. The smallest absolute Gasteiger partial charge is 0.135 e. The van der Waals surface area contributed by atoms with Gasteiger partial charge in [0.15, 0.2) is 0 Å². The van der Waals surface area contributed by atoms with Crippen LogP contribution in [-0.2, 0) is 0 Å². The highest BCUT2D eigenvalue weighted by atomic mass is 16.5. The molecule has 0 aromatic heterocycles. The zero-order chi connectivity index (χ0) is 24.3. The first-order chi connectivity index (χ1) is 18.3. The monoisotopic (exact) mass is 470 g/mol. The summed E-state index contributed by atoms with van der Waals surface area (Å²) in [6.45, 7) is 0. The lowest BCUT2D eigenvalue weighted by atomic mass is 9.87. The van der Waals surface area contributed by atoms with Crippen LogP contribution >= 0.6 is 0 Å². The lowest BCUT2D eigenvalue weighted by Crippen LogP contribution is -1.98. The molecule has 0 aliphatic carbocycles. The van der Waals surface area contributed by atoms with Crippen molar-refractivity contribution in [3.63, 3.8) is 0 Å². The fourth-order valence-corrected chi connectivity index (χ4v) is 5.95. The summed E-state index contributed by atoms with van der Waals surface area (Å²) in [5, 5.41) is 7.49. The average molecular weight is 471 g/mol. The highest BCUT2D eigenvalue weighted by Crippen LogP contribution is 2.50. The molecule has 7 aromatic rings. The molecule has 0 unspecified atom stereocenters. The van der Waals surface area contributed by atoms with Crippen LogP contribution in [0.3, 0.4) is 0 Å². The molecular weight excluding hydrogens is 448 g/mol. The Hall–Kier alpha value is -4.88. The average Bonchev–Trinajstić information content (AvgIpc) is 2.97. The number of hydrogen-bond acceptors (Lipinski definition) is 1. The van der Waals surface area contributed by atoms with Crippen LogP contribution in [-0.4, -0.2) is 0 Å². The molecule has 37 heavy (non-hydrogen) atoms. The molecule has 0 N–H and O–H groups in total. The molecule has 0 atom stereocenters. The lowest BCUT2D eigenvalue weighted by molar-refractivity contribution is 0.487. The summed E-state index contributed by atoms with van der Waals surface area (Å²) < 4.78 is 6.56. The Morgan fingerprint density at radius 3 is 1.95 bits per heavy atom. The van der Waals surface area contributed by atoms with Crippen LogP contribution in [0, 0.1) is 0 Å². The van der Waals surface area contributed by atoms with Crippen molar-refractivity contribution in [2.75, 3.05) is 0 Å². The number of ether oxygens (including phenoxy) is 1. The van der Waals surface area contributed by atoms with Gasteiger partial charge >= 0.3 is 0 Å². The Kier molecular flexibility index (Phi) is 4.29. The molecule has 0 radical (unpaired) electrons. The number of rotatable bonds is 2. The highest BCUT2D eigenvalue weighted by Gasteiger charge is 2.22. The van der Waals surface area contributed by atoms with Gasteiger partial charge in [0.2, 0.25) is 0 Å². The van der Waals surface area contributed by atoms with Gasteiger partial charge in [0, 0.05) is 10.9 Å². The van der Waals surface area contributed by atoms with Crippen molar-refractivity contribution in [3.05, 3.63) is 133 Å². The minimum atomic E-state index is 0.908. The fraction of sp³-hybridized carbons (Fsp3) is 0. The molecule has 0 saturated heterocycles. The summed E-state index contributed by atoms with van der Waals surface area (Å²) in [5.41, 5.74) is 7.20. The van der Waals surface area contributed by atoms with Gasteiger partial charge in [0.05, 0.1) is 0 Å². The number of hydrogen-bond donors (Lipinski definition) is 0. The van der Waals surface area contributed by atoms with Gasteiger partial charge < -0.3 is 4.74 Å². The number of fused-ring (bicyclic) bond motifs is 5.